The van der Waals surface area contributed by atoms with Crippen molar-refractivity contribution in [3.8, 4) is 23.1 Å². The number of hydrogen-bond donors (Lipinski definition) is 1. The highest BCUT2D eigenvalue weighted by atomic mass is 16.6. The number of ether oxygens (including phenoxy) is 2. The van der Waals surface area contributed by atoms with Crippen LogP contribution < -0.4 is 10.1 Å². The number of carbonyl (C=O) groups is 1. The summed E-state index contributed by atoms with van der Waals surface area (Å²) in [6, 6.07) is 16.4. The van der Waals surface area contributed by atoms with Crippen molar-refractivity contribution >= 4 is 22.7 Å². The Labute approximate surface area is 215 Å². The predicted octanol–water partition coefficient (Wildman–Crippen LogP) is 5.92. The molecule has 0 bridgehead atoms. The molecule has 1 aliphatic carbocycles. The van der Waals surface area contributed by atoms with Crippen molar-refractivity contribution in [2.45, 2.75) is 58.2 Å². The number of benzene rings is 2. The minimum atomic E-state index is -0.488. The molecule has 0 unspecified atom stereocenters. The average molecular weight is 499 g/mol. The Kier molecular flexibility index (Phi) is 7.08. The van der Waals surface area contributed by atoms with Gasteiger partial charge in [-0.3, -0.25) is 10.00 Å². The second kappa shape index (κ2) is 10.7. The van der Waals surface area contributed by atoms with Gasteiger partial charge in [-0.1, -0.05) is 12.1 Å². The number of carbonyl (C=O) groups excluding carboxylic acids is 1. The molecular formula is C28H30N6O3. The Morgan fingerprint density at radius 2 is 2.03 bits per heavy atom. The van der Waals surface area contributed by atoms with Crippen LogP contribution in [-0.2, 0) is 11.3 Å². The van der Waals surface area contributed by atoms with Crippen molar-refractivity contribution in [1.82, 2.24) is 19.3 Å². The summed E-state index contributed by atoms with van der Waals surface area (Å²) >= 11 is 0. The molecule has 0 spiro atoms. The summed E-state index contributed by atoms with van der Waals surface area (Å²) in [5.41, 5.74) is 4.14. The van der Waals surface area contributed by atoms with E-state index < -0.39 is 6.09 Å². The average Bonchev–Trinajstić information content (AvgIpc) is 3.47. The molecule has 1 fully saturated rings. The van der Waals surface area contributed by atoms with Gasteiger partial charge in [-0.2, -0.15) is 10.4 Å². The molecule has 190 valence electrons. The topological polar surface area (TPSA) is 107 Å². The lowest BCUT2D eigenvalue weighted by Crippen LogP contribution is -2.18. The maximum atomic E-state index is 12.0. The fourth-order valence-electron chi connectivity index (χ4n) is 4.64. The monoisotopic (exact) mass is 498 g/mol. The van der Waals surface area contributed by atoms with Gasteiger partial charge in [-0.05, 0) is 69.0 Å². The molecule has 2 aromatic heterocycles. The van der Waals surface area contributed by atoms with Crippen LogP contribution in [0.1, 0.15) is 51.1 Å². The molecule has 1 amide bonds. The third-order valence-corrected chi connectivity index (χ3v) is 6.54. The number of anilines is 1. The molecule has 9 heteroatoms. The molecule has 0 radical (unpaired) electrons. The van der Waals surface area contributed by atoms with E-state index in [4.69, 9.17) is 9.47 Å². The number of hydrogen-bond acceptors (Lipinski definition) is 6. The summed E-state index contributed by atoms with van der Waals surface area (Å²) in [6.45, 7) is 4.88. The largest absolute Gasteiger partial charge is 0.494 e. The first-order valence-corrected chi connectivity index (χ1v) is 12.6. The number of nitriles is 1. The summed E-state index contributed by atoms with van der Waals surface area (Å²) in [5.74, 6) is 0.739. The van der Waals surface area contributed by atoms with Crippen molar-refractivity contribution in [3.05, 3.63) is 60.7 Å². The Bertz CT molecular complexity index is 1410. The van der Waals surface area contributed by atoms with Gasteiger partial charge in [-0.25, -0.2) is 9.78 Å². The Morgan fingerprint density at radius 1 is 1.22 bits per heavy atom. The van der Waals surface area contributed by atoms with Crippen LogP contribution in [0.15, 0.2) is 55.1 Å². The predicted molar refractivity (Wildman–Crippen MR) is 140 cm³/mol. The fourth-order valence-corrected chi connectivity index (χ4v) is 4.64. The van der Waals surface area contributed by atoms with Crippen LogP contribution in [0, 0.1) is 11.3 Å². The van der Waals surface area contributed by atoms with Crippen molar-refractivity contribution in [1.29, 1.82) is 5.26 Å². The molecule has 0 aliphatic heterocycles. The third kappa shape index (κ3) is 5.28. The number of aryl methyl sites for hydroxylation is 1. The molecule has 0 saturated heterocycles. The first-order chi connectivity index (χ1) is 18.0. The minimum absolute atomic E-state index is 0.196. The SMILES string of the molecule is CC(C)OC(=O)Nc1ccc(-c2c(C#N)c3cc(OCCCn4cncn4)ccc3n2C2CCC2)cc1. The number of rotatable bonds is 9. The number of nitrogens with one attached hydrogen (secondary N) is 1. The Morgan fingerprint density at radius 3 is 2.68 bits per heavy atom. The maximum Gasteiger partial charge on any atom is 0.411 e. The van der Waals surface area contributed by atoms with Gasteiger partial charge in [0.15, 0.2) is 0 Å². The van der Waals surface area contributed by atoms with E-state index in [1.165, 1.54) is 12.7 Å². The van der Waals surface area contributed by atoms with E-state index in [2.05, 4.69) is 32.1 Å². The molecule has 2 aromatic carbocycles. The quantitative estimate of drug-likeness (QED) is 0.287. The summed E-state index contributed by atoms with van der Waals surface area (Å²) in [7, 11) is 0. The van der Waals surface area contributed by atoms with Crippen LogP contribution in [0.2, 0.25) is 0 Å². The summed E-state index contributed by atoms with van der Waals surface area (Å²) in [4.78, 5) is 15.9. The molecule has 2 heterocycles. The van der Waals surface area contributed by atoms with Gasteiger partial charge in [0.05, 0.1) is 29.5 Å². The lowest BCUT2D eigenvalue weighted by Gasteiger charge is -2.30. The standard InChI is InChI=1S/C28H30N6O3/c1-19(2)37-28(35)32-21-9-7-20(8-10-21)27-25(16-29)24-15-23(36-14-4-13-33-18-30-17-31-33)11-12-26(24)34(27)22-5-3-6-22/h7-12,15,17-19,22H,3-6,13-14H2,1-2H3,(H,32,35). The molecule has 1 saturated carbocycles. The number of nitrogens with zero attached hydrogens (tertiary/aromatic N) is 5. The zero-order chi connectivity index (χ0) is 25.8. The van der Waals surface area contributed by atoms with E-state index in [9.17, 15) is 10.1 Å². The van der Waals surface area contributed by atoms with Crippen LogP contribution in [0.5, 0.6) is 5.75 Å². The number of fused-ring (bicyclic) bond motifs is 1. The second-order valence-electron chi connectivity index (χ2n) is 9.49. The number of amides is 1. The zero-order valence-electron chi connectivity index (χ0n) is 21.1. The zero-order valence-corrected chi connectivity index (χ0v) is 21.1. The summed E-state index contributed by atoms with van der Waals surface area (Å²) in [5, 5.41) is 18.0. The number of aromatic nitrogens is 4. The van der Waals surface area contributed by atoms with Gasteiger partial charge in [0.2, 0.25) is 0 Å². The molecule has 4 aromatic rings. The van der Waals surface area contributed by atoms with Gasteiger partial charge >= 0.3 is 6.09 Å². The molecule has 9 nitrogen and oxygen atoms in total. The Balaban J connectivity index is 1.42. The highest BCUT2D eigenvalue weighted by molar-refractivity contribution is 5.96. The van der Waals surface area contributed by atoms with Crippen LogP contribution in [-0.4, -0.2) is 38.1 Å². The second-order valence-corrected chi connectivity index (χ2v) is 9.49. The summed E-state index contributed by atoms with van der Waals surface area (Å²) < 4.78 is 15.3. The van der Waals surface area contributed by atoms with E-state index in [1.807, 2.05) is 36.4 Å². The Hall–Kier alpha value is -4.32. The van der Waals surface area contributed by atoms with Crippen molar-refractivity contribution in [2.24, 2.45) is 0 Å². The van der Waals surface area contributed by atoms with Crippen molar-refractivity contribution in [2.75, 3.05) is 11.9 Å². The van der Waals surface area contributed by atoms with E-state index in [-0.39, 0.29) is 6.10 Å². The molecule has 1 aliphatic rings. The van der Waals surface area contributed by atoms with E-state index >= 15 is 0 Å². The van der Waals surface area contributed by atoms with Crippen molar-refractivity contribution in [3.63, 3.8) is 0 Å². The highest BCUT2D eigenvalue weighted by Crippen LogP contribution is 2.43. The molecule has 1 N–H and O–H groups in total. The normalized spacial score (nSPS) is 13.4. The molecular weight excluding hydrogens is 468 g/mol. The maximum absolute atomic E-state index is 12.0. The van der Waals surface area contributed by atoms with E-state index in [0.717, 1.165) is 53.7 Å². The lowest BCUT2D eigenvalue weighted by atomic mass is 9.92. The highest BCUT2D eigenvalue weighted by Gasteiger charge is 2.28. The first kappa shape index (κ1) is 24.4. The molecule has 0 atom stereocenters. The van der Waals surface area contributed by atoms with Crippen LogP contribution in [0.3, 0.4) is 0 Å². The molecule has 37 heavy (non-hydrogen) atoms. The van der Waals surface area contributed by atoms with Crippen LogP contribution in [0.4, 0.5) is 10.5 Å². The summed E-state index contributed by atoms with van der Waals surface area (Å²) in [6.07, 6.45) is 6.68. The lowest BCUT2D eigenvalue weighted by molar-refractivity contribution is 0.130. The van der Waals surface area contributed by atoms with Gasteiger partial charge in [0.1, 0.15) is 24.5 Å². The minimum Gasteiger partial charge on any atom is -0.494 e. The molecule has 5 rings (SSSR count). The smallest absolute Gasteiger partial charge is 0.411 e. The van der Waals surface area contributed by atoms with Gasteiger partial charge < -0.3 is 14.0 Å². The van der Waals surface area contributed by atoms with Crippen LogP contribution >= 0.6 is 0 Å². The van der Waals surface area contributed by atoms with Gasteiger partial charge in [0.25, 0.3) is 0 Å². The van der Waals surface area contributed by atoms with Gasteiger partial charge in [0, 0.05) is 30.1 Å². The fraction of sp³-hybridized carbons (Fsp3) is 0.357. The van der Waals surface area contributed by atoms with Gasteiger partial charge in [-0.15, -0.1) is 0 Å². The van der Waals surface area contributed by atoms with Crippen molar-refractivity contribution < 1.29 is 14.3 Å². The first-order valence-electron chi connectivity index (χ1n) is 12.6. The van der Waals surface area contributed by atoms with E-state index in [0.29, 0.717) is 23.9 Å². The van der Waals surface area contributed by atoms with E-state index in [1.54, 1.807) is 24.9 Å². The van der Waals surface area contributed by atoms with Crippen LogP contribution in [0.25, 0.3) is 22.2 Å². The third-order valence-electron chi connectivity index (χ3n) is 6.54.